The molecule has 18 heavy (non-hydrogen) atoms. The Balaban J connectivity index is 2.44. The van der Waals surface area contributed by atoms with Crippen LogP contribution in [0.3, 0.4) is 0 Å². The molecule has 0 saturated heterocycles. The van der Waals surface area contributed by atoms with Crippen LogP contribution >= 0.6 is 11.6 Å². The molecule has 1 N–H and O–H groups in total. The number of aromatic nitrogens is 1. The van der Waals surface area contributed by atoms with Gasteiger partial charge in [0.2, 0.25) is 0 Å². The minimum absolute atomic E-state index is 0.0799. The summed E-state index contributed by atoms with van der Waals surface area (Å²) in [4.78, 5) is 16.4. The van der Waals surface area contributed by atoms with Crippen LogP contribution in [0, 0.1) is 6.92 Å². The Morgan fingerprint density at radius 2 is 2.17 bits per heavy atom. The van der Waals surface area contributed by atoms with Gasteiger partial charge in [-0.25, -0.2) is 0 Å². The molecule has 1 heterocycles. The lowest BCUT2D eigenvalue weighted by Gasteiger charge is -2.08. The molecule has 0 saturated carbocycles. The van der Waals surface area contributed by atoms with Gasteiger partial charge in [0.05, 0.1) is 16.8 Å². The van der Waals surface area contributed by atoms with Crippen LogP contribution in [0.4, 0.5) is 0 Å². The number of fused-ring (bicyclic) bond motifs is 1. The molecule has 0 spiro atoms. The number of aryl methyl sites for hydroxylation is 1. The summed E-state index contributed by atoms with van der Waals surface area (Å²) in [6.07, 6.45) is 0.914. The van der Waals surface area contributed by atoms with E-state index in [1.54, 1.807) is 6.07 Å². The number of rotatable bonds is 3. The summed E-state index contributed by atoms with van der Waals surface area (Å²) in [5.41, 5.74) is 2.19. The van der Waals surface area contributed by atoms with E-state index in [0.29, 0.717) is 17.1 Å². The first-order chi connectivity index (χ1) is 8.61. The van der Waals surface area contributed by atoms with Crippen molar-refractivity contribution in [2.75, 3.05) is 6.54 Å². The Morgan fingerprint density at radius 3 is 2.89 bits per heavy atom. The largest absolute Gasteiger partial charge is 0.352 e. The van der Waals surface area contributed by atoms with Gasteiger partial charge in [0.15, 0.2) is 0 Å². The Kier molecular flexibility index (Phi) is 3.82. The minimum atomic E-state index is -0.0799. The number of carbonyl (C=O) groups excluding carboxylic acids is 1. The van der Waals surface area contributed by atoms with Gasteiger partial charge in [-0.05, 0) is 37.6 Å². The maximum absolute atomic E-state index is 12.0. The van der Waals surface area contributed by atoms with Gasteiger partial charge in [0.25, 0.3) is 5.91 Å². The lowest BCUT2D eigenvalue weighted by atomic mass is 10.1. The Labute approximate surface area is 111 Å². The standard InChI is InChI=1S/C14H15ClN2O/c1-3-6-16-14(18)12-8-10-7-11(15)4-5-13(10)17-9(12)2/h4-5,7-8H,3,6H2,1-2H3,(H,16,18). The Morgan fingerprint density at radius 1 is 1.39 bits per heavy atom. The third-order valence-electron chi connectivity index (χ3n) is 2.75. The van der Waals surface area contributed by atoms with E-state index in [2.05, 4.69) is 10.3 Å². The molecule has 4 heteroatoms. The molecule has 0 atom stereocenters. The van der Waals surface area contributed by atoms with E-state index in [4.69, 9.17) is 11.6 Å². The minimum Gasteiger partial charge on any atom is -0.352 e. The van der Waals surface area contributed by atoms with Crippen LogP contribution in [0.1, 0.15) is 29.4 Å². The highest BCUT2D eigenvalue weighted by molar-refractivity contribution is 6.31. The predicted molar refractivity (Wildman–Crippen MR) is 74.1 cm³/mol. The van der Waals surface area contributed by atoms with Gasteiger partial charge in [-0.3, -0.25) is 9.78 Å². The van der Waals surface area contributed by atoms with E-state index in [0.717, 1.165) is 23.0 Å². The number of hydrogen-bond donors (Lipinski definition) is 1. The maximum Gasteiger partial charge on any atom is 0.253 e. The molecule has 0 fully saturated rings. The molecule has 0 bridgehead atoms. The van der Waals surface area contributed by atoms with Crippen LogP contribution in [0.25, 0.3) is 10.9 Å². The van der Waals surface area contributed by atoms with Crippen molar-refractivity contribution in [2.45, 2.75) is 20.3 Å². The lowest BCUT2D eigenvalue weighted by Crippen LogP contribution is -2.25. The van der Waals surface area contributed by atoms with Crippen molar-refractivity contribution in [3.8, 4) is 0 Å². The number of nitrogens with one attached hydrogen (secondary N) is 1. The molecule has 3 nitrogen and oxygen atoms in total. The third kappa shape index (κ3) is 2.62. The van der Waals surface area contributed by atoms with Gasteiger partial charge < -0.3 is 5.32 Å². The van der Waals surface area contributed by atoms with Crippen molar-refractivity contribution in [1.29, 1.82) is 0 Å². The van der Waals surface area contributed by atoms with Crippen molar-refractivity contribution < 1.29 is 4.79 Å². The molecule has 0 aliphatic carbocycles. The highest BCUT2D eigenvalue weighted by Crippen LogP contribution is 2.20. The van der Waals surface area contributed by atoms with Gasteiger partial charge in [0, 0.05) is 17.0 Å². The van der Waals surface area contributed by atoms with E-state index in [1.165, 1.54) is 0 Å². The van der Waals surface area contributed by atoms with Crippen molar-refractivity contribution >= 4 is 28.4 Å². The Hall–Kier alpha value is -1.61. The number of hydrogen-bond acceptors (Lipinski definition) is 2. The highest BCUT2D eigenvalue weighted by Gasteiger charge is 2.11. The fraction of sp³-hybridized carbons (Fsp3) is 0.286. The van der Waals surface area contributed by atoms with Crippen molar-refractivity contribution in [1.82, 2.24) is 10.3 Å². The smallest absolute Gasteiger partial charge is 0.253 e. The molecule has 0 aliphatic heterocycles. The SMILES string of the molecule is CCCNC(=O)c1cc2cc(Cl)ccc2nc1C. The zero-order valence-corrected chi connectivity index (χ0v) is 11.2. The van der Waals surface area contributed by atoms with Gasteiger partial charge in [-0.1, -0.05) is 18.5 Å². The van der Waals surface area contributed by atoms with Crippen molar-refractivity contribution in [3.05, 3.63) is 40.5 Å². The van der Waals surface area contributed by atoms with Crippen LogP contribution in [0.2, 0.25) is 5.02 Å². The highest BCUT2D eigenvalue weighted by atomic mass is 35.5. The average Bonchev–Trinajstić information content (AvgIpc) is 2.35. The first kappa shape index (κ1) is 12.8. The second-order valence-corrected chi connectivity index (χ2v) is 4.65. The number of carbonyl (C=O) groups is 1. The Bertz CT molecular complexity index is 596. The van der Waals surface area contributed by atoms with Crippen LogP contribution in [0.5, 0.6) is 0 Å². The normalized spacial score (nSPS) is 10.6. The molecular formula is C14H15ClN2O. The van der Waals surface area contributed by atoms with E-state index in [-0.39, 0.29) is 5.91 Å². The summed E-state index contributed by atoms with van der Waals surface area (Å²) in [5, 5.41) is 4.39. The third-order valence-corrected chi connectivity index (χ3v) is 2.98. The summed E-state index contributed by atoms with van der Waals surface area (Å²) in [6, 6.07) is 7.32. The number of pyridine rings is 1. The molecular weight excluding hydrogens is 248 g/mol. The van der Waals surface area contributed by atoms with Gasteiger partial charge in [0.1, 0.15) is 0 Å². The van der Waals surface area contributed by atoms with E-state index in [9.17, 15) is 4.79 Å². The summed E-state index contributed by atoms with van der Waals surface area (Å²) in [7, 11) is 0. The summed E-state index contributed by atoms with van der Waals surface area (Å²) in [5.74, 6) is -0.0799. The lowest BCUT2D eigenvalue weighted by molar-refractivity contribution is 0.0953. The molecule has 1 aromatic heterocycles. The summed E-state index contributed by atoms with van der Waals surface area (Å²) >= 11 is 5.95. The van der Waals surface area contributed by atoms with Crippen LogP contribution in [0.15, 0.2) is 24.3 Å². The van der Waals surface area contributed by atoms with Crippen LogP contribution in [-0.4, -0.2) is 17.4 Å². The zero-order valence-electron chi connectivity index (χ0n) is 10.5. The maximum atomic E-state index is 12.0. The molecule has 0 radical (unpaired) electrons. The van der Waals surface area contributed by atoms with Crippen LogP contribution < -0.4 is 5.32 Å². The quantitative estimate of drug-likeness (QED) is 0.922. The van der Waals surface area contributed by atoms with Gasteiger partial charge in [-0.15, -0.1) is 0 Å². The van der Waals surface area contributed by atoms with Gasteiger partial charge in [-0.2, -0.15) is 0 Å². The van der Waals surface area contributed by atoms with Crippen molar-refractivity contribution in [3.63, 3.8) is 0 Å². The topological polar surface area (TPSA) is 42.0 Å². The van der Waals surface area contributed by atoms with E-state index < -0.39 is 0 Å². The molecule has 2 aromatic rings. The van der Waals surface area contributed by atoms with Crippen LogP contribution in [-0.2, 0) is 0 Å². The molecule has 0 unspecified atom stereocenters. The second kappa shape index (κ2) is 5.36. The summed E-state index contributed by atoms with van der Waals surface area (Å²) < 4.78 is 0. The van der Waals surface area contributed by atoms with Gasteiger partial charge >= 0.3 is 0 Å². The number of benzene rings is 1. The molecule has 0 aliphatic rings. The fourth-order valence-corrected chi connectivity index (χ4v) is 1.99. The molecule has 1 amide bonds. The van der Waals surface area contributed by atoms with E-state index >= 15 is 0 Å². The first-order valence-electron chi connectivity index (χ1n) is 5.97. The molecule has 2 rings (SSSR count). The molecule has 1 aromatic carbocycles. The zero-order chi connectivity index (χ0) is 13.1. The first-order valence-corrected chi connectivity index (χ1v) is 6.34. The predicted octanol–water partition coefficient (Wildman–Crippen LogP) is 3.34. The average molecular weight is 263 g/mol. The summed E-state index contributed by atoms with van der Waals surface area (Å²) in [6.45, 7) is 4.53. The molecule has 94 valence electrons. The fourth-order valence-electron chi connectivity index (χ4n) is 1.81. The number of halogens is 1. The number of amides is 1. The van der Waals surface area contributed by atoms with E-state index in [1.807, 2.05) is 32.0 Å². The number of nitrogens with zero attached hydrogens (tertiary/aromatic N) is 1. The van der Waals surface area contributed by atoms with Crippen molar-refractivity contribution in [2.24, 2.45) is 0 Å². The second-order valence-electron chi connectivity index (χ2n) is 4.21. The monoisotopic (exact) mass is 262 g/mol.